The number of carbonyl (C=O) groups excluding carboxylic acids is 1. The first-order chi connectivity index (χ1) is 8.83. The van der Waals surface area contributed by atoms with Crippen molar-refractivity contribution in [3.05, 3.63) is 35.9 Å². The summed E-state index contributed by atoms with van der Waals surface area (Å²) in [6.07, 6.45) is 2.25. The lowest BCUT2D eigenvalue weighted by molar-refractivity contribution is -0.0460. The van der Waals surface area contributed by atoms with Crippen LogP contribution in [0.1, 0.15) is 18.4 Å². The molecule has 1 saturated carbocycles. The number of hydrogen-bond donors (Lipinski definition) is 1. The number of rotatable bonds is 4. The van der Waals surface area contributed by atoms with E-state index in [0.29, 0.717) is 18.8 Å². The molecule has 1 aromatic rings. The Morgan fingerprint density at radius 3 is 2.72 bits per heavy atom. The molecule has 1 N–H and O–H groups in total. The van der Waals surface area contributed by atoms with Gasteiger partial charge in [-0.05, 0) is 18.4 Å². The van der Waals surface area contributed by atoms with Gasteiger partial charge in [0.25, 0.3) is 0 Å². The highest BCUT2D eigenvalue weighted by molar-refractivity contribution is 5.76. The van der Waals surface area contributed by atoms with Gasteiger partial charge in [0.2, 0.25) is 0 Å². The Kier molecular flexibility index (Phi) is 3.19. The second-order valence-corrected chi connectivity index (χ2v) is 4.97. The quantitative estimate of drug-likeness (QED) is 0.879. The van der Waals surface area contributed by atoms with Gasteiger partial charge in [0.05, 0.1) is 12.7 Å². The van der Waals surface area contributed by atoms with Crippen LogP contribution < -0.4 is 5.32 Å². The molecule has 1 saturated heterocycles. The van der Waals surface area contributed by atoms with Crippen molar-refractivity contribution in [3.63, 3.8) is 0 Å². The molecule has 0 aromatic heterocycles. The smallest absolute Gasteiger partial charge is 0.317 e. The maximum absolute atomic E-state index is 11.5. The maximum atomic E-state index is 11.5. The van der Waals surface area contributed by atoms with Gasteiger partial charge in [-0.1, -0.05) is 30.3 Å². The van der Waals surface area contributed by atoms with E-state index in [-0.39, 0.29) is 6.03 Å². The Hall–Kier alpha value is -1.55. The van der Waals surface area contributed by atoms with Crippen molar-refractivity contribution in [2.75, 3.05) is 13.1 Å². The predicted octanol–water partition coefficient (Wildman–Crippen LogP) is 1.76. The summed E-state index contributed by atoms with van der Waals surface area (Å²) in [6, 6.07) is 10.7. The van der Waals surface area contributed by atoms with Crippen molar-refractivity contribution < 1.29 is 9.53 Å². The topological polar surface area (TPSA) is 41.6 Å². The van der Waals surface area contributed by atoms with Gasteiger partial charge >= 0.3 is 6.03 Å². The zero-order valence-corrected chi connectivity index (χ0v) is 10.3. The fourth-order valence-electron chi connectivity index (χ4n) is 2.55. The third-order valence-electron chi connectivity index (χ3n) is 3.73. The second-order valence-electron chi connectivity index (χ2n) is 4.97. The van der Waals surface area contributed by atoms with Crippen molar-refractivity contribution in [3.8, 4) is 0 Å². The molecule has 0 spiro atoms. The SMILES string of the molecule is O=C1NCCN1[C@H]1C[C@H](OCc2ccccc2)C1. The Morgan fingerprint density at radius 2 is 2.06 bits per heavy atom. The number of ether oxygens (including phenoxy) is 1. The molecule has 96 valence electrons. The Labute approximate surface area is 107 Å². The van der Waals surface area contributed by atoms with Crippen molar-refractivity contribution in [1.82, 2.24) is 10.2 Å². The Morgan fingerprint density at radius 1 is 1.28 bits per heavy atom. The van der Waals surface area contributed by atoms with Gasteiger partial charge in [-0.3, -0.25) is 0 Å². The lowest BCUT2D eigenvalue weighted by atomic mass is 9.88. The highest BCUT2D eigenvalue weighted by Crippen LogP contribution is 2.29. The number of carbonyl (C=O) groups is 1. The van der Waals surface area contributed by atoms with Crippen LogP contribution in [-0.2, 0) is 11.3 Å². The number of urea groups is 1. The minimum absolute atomic E-state index is 0.0847. The molecule has 1 aliphatic heterocycles. The Bertz CT molecular complexity index is 415. The number of nitrogens with one attached hydrogen (secondary N) is 1. The minimum Gasteiger partial charge on any atom is -0.373 e. The number of amides is 2. The van der Waals surface area contributed by atoms with Crippen LogP contribution in [0.4, 0.5) is 4.79 Å². The van der Waals surface area contributed by atoms with E-state index < -0.39 is 0 Å². The number of hydrogen-bond acceptors (Lipinski definition) is 2. The van der Waals surface area contributed by atoms with Crippen LogP contribution in [0, 0.1) is 0 Å². The van der Waals surface area contributed by atoms with Crippen molar-refractivity contribution in [2.45, 2.75) is 31.6 Å². The summed E-state index contributed by atoms with van der Waals surface area (Å²) in [4.78, 5) is 13.4. The molecule has 3 rings (SSSR count). The molecule has 1 heterocycles. The summed E-state index contributed by atoms with van der Waals surface area (Å²) >= 11 is 0. The van der Waals surface area contributed by atoms with Crippen LogP contribution in [-0.4, -0.2) is 36.2 Å². The third-order valence-corrected chi connectivity index (χ3v) is 3.73. The molecular weight excluding hydrogens is 228 g/mol. The van der Waals surface area contributed by atoms with Gasteiger partial charge in [-0.25, -0.2) is 4.79 Å². The van der Waals surface area contributed by atoms with Crippen LogP contribution in [0.5, 0.6) is 0 Å². The van der Waals surface area contributed by atoms with Gasteiger partial charge < -0.3 is 15.0 Å². The molecule has 18 heavy (non-hydrogen) atoms. The lowest BCUT2D eigenvalue weighted by Crippen LogP contribution is -2.49. The maximum Gasteiger partial charge on any atom is 0.317 e. The molecular formula is C14H18N2O2. The molecule has 1 aliphatic carbocycles. The van der Waals surface area contributed by atoms with E-state index in [1.165, 1.54) is 5.56 Å². The van der Waals surface area contributed by atoms with Crippen molar-refractivity contribution >= 4 is 6.03 Å². The van der Waals surface area contributed by atoms with Crippen LogP contribution >= 0.6 is 0 Å². The monoisotopic (exact) mass is 246 g/mol. The summed E-state index contributed by atoms with van der Waals surface area (Å²) in [5, 5.41) is 2.84. The molecule has 0 atom stereocenters. The molecule has 0 unspecified atom stereocenters. The van der Waals surface area contributed by atoms with E-state index in [2.05, 4.69) is 17.4 Å². The number of nitrogens with zero attached hydrogens (tertiary/aromatic N) is 1. The molecule has 2 fully saturated rings. The Balaban J connectivity index is 1.42. The van der Waals surface area contributed by atoms with E-state index >= 15 is 0 Å². The van der Waals surface area contributed by atoms with Gasteiger partial charge in [0.15, 0.2) is 0 Å². The zero-order valence-electron chi connectivity index (χ0n) is 10.3. The van der Waals surface area contributed by atoms with E-state index in [1.54, 1.807) is 0 Å². The van der Waals surface area contributed by atoms with Gasteiger partial charge in [-0.15, -0.1) is 0 Å². The van der Waals surface area contributed by atoms with Crippen LogP contribution in [0.15, 0.2) is 30.3 Å². The molecule has 1 aromatic carbocycles. The summed E-state index contributed by atoms with van der Waals surface area (Å²) in [5.74, 6) is 0. The van der Waals surface area contributed by atoms with E-state index in [4.69, 9.17) is 4.74 Å². The highest BCUT2D eigenvalue weighted by atomic mass is 16.5. The molecule has 2 aliphatic rings. The summed E-state index contributed by atoms with van der Waals surface area (Å²) < 4.78 is 5.83. The second kappa shape index (κ2) is 4.98. The fourth-order valence-corrected chi connectivity index (χ4v) is 2.55. The predicted molar refractivity (Wildman–Crippen MR) is 68.1 cm³/mol. The molecule has 2 amide bonds. The summed E-state index contributed by atoms with van der Waals surface area (Å²) in [7, 11) is 0. The molecule has 4 heteroatoms. The first-order valence-electron chi connectivity index (χ1n) is 6.53. The van der Waals surface area contributed by atoms with Gasteiger partial charge in [-0.2, -0.15) is 0 Å². The van der Waals surface area contributed by atoms with Crippen molar-refractivity contribution in [2.24, 2.45) is 0 Å². The third kappa shape index (κ3) is 2.34. The standard InChI is InChI=1S/C14H18N2O2/c17-14-15-6-7-16(14)12-8-13(9-12)18-10-11-4-2-1-3-5-11/h1-5,12-13H,6-10H2,(H,15,17)/t12-,13-. The lowest BCUT2D eigenvalue weighted by Gasteiger charge is -2.40. The average molecular weight is 246 g/mol. The van der Waals surface area contributed by atoms with E-state index in [1.807, 2.05) is 23.1 Å². The van der Waals surface area contributed by atoms with E-state index in [9.17, 15) is 4.79 Å². The first kappa shape index (κ1) is 11.5. The normalized spacial score (nSPS) is 26.9. The molecule has 4 nitrogen and oxygen atoms in total. The summed E-state index contributed by atoms with van der Waals surface area (Å²) in [6.45, 7) is 2.30. The summed E-state index contributed by atoms with van der Waals surface area (Å²) in [5.41, 5.74) is 1.21. The molecule has 0 radical (unpaired) electrons. The largest absolute Gasteiger partial charge is 0.373 e. The van der Waals surface area contributed by atoms with Crippen LogP contribution in [0.25, 0.3) is 0 Å². The highest BCUT2D eigenvalue weighted by Gasteiger charge is 2.38. The molecule has 0 bridgehead atoms. The number of benzene rings is 1. The zero-order chi connectivity index (χ0) is 12.4. The van der Waals surface area contributed by atoms with Crippen LogP contribution in [0.3, 0.4) is 0 Å². The fraction of sp³-hybridized carbons (Fsp3) is 0.500. The van der Waals surface area contributed by atoms with Crippen LogP contribution in [0.2, 0.25) is 0 Å². The first-order valence-corrected chi connectivity index (χ1v) is 6.53. The average Bonchev–Trinajstić information content (AvgIpc) is 2.75. The van der Waals surface area contributed by atoms with Crippen molar-refractivity contribution in [1.29, 1.82) is 0 Å². The minimum atomic E-state index is 0.0847. The van der Waals surface area contributed by atoms with E-state index in [0.717, 1.165) is 25.9 Å². The van der Waals surface area contributed by atoms with Gasteiger partial charge in [0.1, 0.15) is 0 Å². The van der Waals surface area contributed by atoms with Gasteiger partial charge in [0, 0.05) is 19.1 Å².